The van der Waals surface area contributed by atoms with Gasteiger partial charge in [0.05, 0.1) is 0 Å². The van der Waals surface area contributed by atoms with Crippen molar-refractivity contribution in [2.45, 2.75) is 33.6 Å². The van der Waals surface area contributed by atoms with E-state index in [1.54, 1.807) is 0 Å². The fraction of sp³-hybridized carbons (Fsp3) is 0.833. The Bertz CT molecular complexity index is 260. The second-order valence-corrected chi connectivity index (χ2v) is 5.46. The smallest absolute Gasteiger partial charge is 0.229 e. The molecule has 4 heteroatoms. The molecule has 1 saturated heterocycles. The lowest BCUT2D eigenvalue weighted by molar-refractivity contribution is -0.150. The Balaban J connectivity index is 2.65. The molecule has 0 spiro atoms. The number of thiol groups is 1. The van der Waals surface area contributed by atoms with Gasteiger partial charge in [-0.25, -0.2) is 0 Å². The Morgan fingerprint density at radius 1 is 1.31 bits per heavy atom. The summed E-state index contributed by atoms with van der Waals surface area (Å²) in [6, 6.07) is 0. The fourth-order valence-corrected chi connectivity index (χ4v) is 2.48. The van der Waals surface area contributed by atoms with Gasteiger partial charge in [-0.2, -0.15) is 12.6 Å². The lowest BCUT2D eigenvalue weighted by atomic mass is 9.93. The Kier molecular flexibility index (Phi) is 4.84. The molecule has 2 amide bonds. The molecule has 0 saturated carbocycles. The van der Waals surface area contributed by atoms with Crippen LogP contribution in [-0.4, -0.2) is 29.0 Å². The Morgan fingerprint density at radius 2 is 1.81 bits per heavy atom. The van der Waals surface area contributed by atoms with Crippen molar-refractivity contribution in [1.82, 2.24) is 4.90 Å². The van der Waals surface area contributed by atoms with E-state index < -0.39 is 0 Å². The number of imide groups is 1. The highest BCUT2D eigenvalue weighted by Crippen LogP contribution is 2.22. The van der Waals surface area contributed by atoms with E-state index in [0.717, 1.165) is 0 Å². The van der Waals surface area contributed by atoms with Crippen molar-refractivity contribution in [3.05, 3.63) is 0 Å². The molecule has 1 rings (SSSR count). The first-order valence-corrected chi connectivity index (χ1v) is 6.53. The summed E-state index contributed by atoms with van der Waals surface area (Å²) in [5.41, 5.74) is 0. The minimum Gasteiger partial charge on any atom is -0.282 e. The zero-order chi connectivity index (χ0) is 12.3. The summed E-state index contributed by atoms with van der Waals surface area (Å²) < 4.78 is 0. The molecule has 1 unspecified atom stereocenters. The van der Waals surface area contributed by atoms with Gasteiger partial charge in [0.15, 0.2) is 0 Å². The lowest BCUT2D eigenvalue weighted by Crippen LogP contribution is -2.46. The molecular weight excluding hydrogens is 222 g/mol. The number of hydrogen-bond acceptors (Lipinski definition) is 3. The van der Waals surface area contributed by atoms with E-state index in [9.17, 15) is 9.59 Å². The molecule has 92 valence electrons. The topological polar surface area (TPSA) is 37.4 Å². The molecule has 1 fully saturated rings. The summed E-state index contributed by atoms with van der Waals surface area (Å²) in [6.07, 6.45) is 1.01. The molecule has 1 aliphatic rings. The van der Waals surface area contributed by atoms with Gasteiger partial charge in [-0.3, -0.25) is 14.5 Å². The number of rotatable bonds is 4. The minimum atomic E-state index is -0.0174. The van der Waals surface area contributed by atoms with Crippen molar-refractivity contribution < 1.29 is 9.59 Å². The molecule has 1 aliphatic heterocycles. The third-order valence-electron chi connectivity index (χ3n) is 3.24. The number of amides is 2. The van der Waals surface area contributed by atoms with Gasteiger partial charge in [0.2, 0.25) is 11.8 Å². The second-order valence-electron chi connectivity index (χ2n) is 5.10. The quantitative estimate of drug-likeness (QED) is 0.605. The summed E-state index contributed by atoms with van der Waals surface area (Å²) in [5.74, 6) is 1.61. The maximum absolute atomic E-state index is 11.8. The molecule has 0 aliphatic carbocycles. The van der Waals surface area contributed by atoms with Gasteiger partial charge >= 0.3 is 0 Å². The molecular formula is C12H21NO2S. The molecule has 0 aromatic rings. The summed E-state index contributed by atoms with van der Waals surface area (Å²) >= 11 is 4.28. The van der Waals surface area contributed by atoms with E-state index in [1.807, 2.05) is 6.92 Å². The van der Waals surface area contributed by atoms with Gasteiger partial charge in [0, 0.05) is 19.4 Å². The van der Waals surface area contributed by atoms with Gasteiger partial charge in [-0.05, 0) is 23.5 Å². The summed E-state index contributed by atoms with van der Waals surface area (Å²) in [4.78, 5) is 25.0. The largest absolute Gasteiger partial charge is 0.282 e. The van der Waals surface area contributed by atoms with E-state index in [-0.39, 0.29) is 17.7 Å². The zero-order valence-corrected chi connectivity index (χ0v) is 11.2. The maximum atomic E-state index is 11.8. The summed E-state index contributed by atoms with van der Waals surface area (Å²) in [5, 5.41) is 0. The predicted molar refractivity (Wildman–Crippen MR) is 67.3 cm³/mol. The number of carbonyl (C=O) groups is 2. The number of likely N-dealkylation sites (tertiary alicyclic amines) is 1. The average Bonchev–Trinajstić information content (AvgIpc) is 2.15. The number of piperidine rings is 1. The SMILES string of the molecule is CC1CC(=O)N(CC(CS)C(C)C)C(=O)C1. The highest BCUT2D eigenvalue weighted by Gasteiger charge is 2.32. The van der Waals surface area contributed by atoms with Crippen molar-refractivity contribution in [2.24, 2.45) is 17.8 Å². The van der Waals surface area contributed by atoms with Gasteiger partial charge < -0.3 is 0 Å². The van der Waals surface area contributed by atoms with Crippen molar-refractivity contribution in [2.75, 3.05) is 12.3 Å². The first kappa shape index (κ1) is 13.6. The van der Waals surface area contributed by atoms with E-state index in [0.29, 0.717) is 37.0 Å². The van der Waals surface area contributed by atoms with Crippen LogP contribution in [0.2, 0.25) is 0 Å². The third kappa shape index (κ3) is 3.24. The third-order valence-corrected chi connectivity index (χ3v) is 3.71. The van der Waals surface area contributed by atoms with Gasteiger partial charge in [-0.1, -0.05) is 20.8 Å². The second kappa shape index (κ2) is 5.71. The van der Waals surface area contributed by atoms with Crippen LogP contribution in [0.5, 0.6) is 0 Å². The average molecular weight is 243 g/mol. The summed E-state index contributed by atoms with van der Waals surface area (Å²) in [7, 11) is 0. The molecule has 1 heterocycles. The van der Waals surface area contributed by atoms with Crippen molar-refractivity contribution in [3.63, 3.8) is 0 Å². The predicted octanol–water partition coefficient (Wildman–Crippen LogP) is 1.97. The standard InChI is InChI=1S/C12H21NO2S/c1-8(2)10(7-16)6-13-11(14)4-9(3)5-12(13)15/h8-10,16H,4-7H2,1-3H3. The van der Waals surface area contributed by atoms with Crippen molar-refractivity contribution in [3.8, 4) is 0 Å². The van der Waals surface area contributed by atoms with E-state index in [2.05, 4.69) is 26.5 Å². The van der Waals surface area contributed by atoms with Crippen LogP contribution in [0.15, 0.2) is 0 Å². The van der Waals surface area contributed by atoms with Gasteiger partial charge in [0.1, 0.15) is 0 Å². The van der Waals surface area contributed by atoms with E-state index >= 15 is 0 Å². The molecule has 0 N–H and O–H groups in total. The maximum Gasteiger partial charge on any atom is 0.229 e. The molecule has 16 heavy (non-hydrogen) atoms. The van der Waals surface area contributed by atoms with Gasteiger partial charge in [0.25, 0.3) is 0 Å². The van der Waals surface area contributed by atoms with Crippen LogP contribution in [0.1, 0.15) is 33.6 Å². The fourth-order valence-electron chi connectivity index (χ4n) is 1.95. The molecule has 0 radical (unpaired) electrons. The summed E-state index contributed by atoms with van der Waals surface area (Å²) in [6.45, 7) is 6.68. The molecule has 1 atom stereocenters. The highest BCUT2D eigenvalue weighted by atomic mass is 32.1. The van der Waals surface area contributed by atoms with Crippen molar-refractivity contribution in [1.29, 1.82) is 0 Å². The number of carbonyl (C=O) groups excluding carboxylic acids is 2. The Labute approximate surface area is 103 Å². The molecule has 0 aromatic heterocycles. The first-order valence-electron chi connectivity index (χ1n) is 5.89. The highest BCUT2D eigenvalue weighted by molar-refractivity contribution is 7.80. The minimum absolute atomic E-state index is 0.0174. The molecule has 0 bridgehead atoms. The molecule has 0 aromatic carbocycles. The van der Waals surface area contributed by atoms with Crippen LogP contribution in [0, 0.1) is 17.8 Å². The van der Waals surface area contributed by atoms with E-state index in [4.69, 9.17) is 0 Å². The van der Waals surface area contributed by atoms with E-state index in [1.165, 1.54) is 4.90 Å². The lowest BCUT2D eigenvalue weighted by Gasteiger charge is -2.32. The number of nitrogens with zero attached hydrogens (tertiary/aromatic N) is 1. The zero-order valence-electron chi connectivity index (χ0n) is 10.3. The monoisotopic (exact) mass is 243 g/mol. The van der Waals surface area contributed by atoms with Gasteiger partial charge in [-0.15, -0.1) is 0 Å². The first-order chi connectivity index (χ1) is 7.45. The van der Waals surface area contributed by atoms with Crippen LogP contribution in [0.4, 0.5) is 0 Å². The number of hydrogen-bond donors (Lipinski definition) is 1. The van der Waals surface area contributed by atoms with Crippen LogP contribution in [-0.2, 0) is 9.59 Å². The van der Waals surface area contributed by atoms with Crippen LogP contribution in [0.25, 0.3) is 0 Å². The van der Waals surface area contributed by atoms with Crippen molar-refractivity contribution >= 4 is 24.4 Å². The normalized spacial score (nSPS) is 20.7. The Morgan fingerprint density at radius 3 is 2.19 bits per heavy atom. The van der Waals surface area contributed by atoms with Crippen LogP contribution in [0.3, 0.4) is 0 Å². The molecule has 3 nitrogen and oxygen atoms in total. The van der Waals surface area contributed by atoms with Crippen LogP contribution < -0.4 is 0 Å². The van der Waals surface area contributed by atoms with Crippen LogP contribution >= 0.6 is 12.6 Å². The Hall–Kier alpha value is -0.510.